The van der Waals surface area contributed by atoms with Crippen molar-refractivity contribution in [1.29, 1.82) is 0 Å². The van der Waals surface area contributed by atoms with Crippen LogP contribution >= 0.6 is 11.6 Å². The normalized spacial score (nSPS) is 12.1. The highest BCUT2D eigenvalue weighted by atomic mass is 35.5. The summed E-state index contributed by atoms with van der Waals surface area (Å²) in [6.45, 7) is 1.56. The third-order valence-corrected chi connectivity index (χ3v) is 3.23. The molecule has 0 saturated heterocycles. The molecule has 2 N–H and O–H groups in total. The molecule has 1 atom stereocenters. The average Bonchev–Trinajstić information content (AvgIpc) is 2.52. The molecule has 5 heteroatoms. The zero-order valence-corrected chi connectivity index (χ0v) is 12.5. The fourth-order valence-electron chi connectivity index (χ4n) is 1.83. The third kappa shape index (κ3) is 6.12. The Morgan fingerprint density at radius 3 is 2.57 bits per heavy atom. The summed E-state index contributed by atoms with van der Waals surface area (Å²) in [6.07, 6.45) is 3.93. The maximum atomic E-state index is 9.84. The van der Waals surface area contributed by atoms with Gasteiger partial charge in [-0.05, 0) is 54.9 Å². The Balaban J connectivity index is 1.59. The quantitative estimate of drug-likeness (QED) is 0.735. The Kier molecular flexibility index (Phi) is 6.47. The van der Waals surface area contributed by atoms with E-state index in [9.17, 15) is 5.11 Å². The summed E-state index contributed by atoms with van der Waals surface area (Å²) in [5.74, 6) is 0.704. The van der Waals surface area contributed by atoms with E-state index in [1.165, 1.54) is 5.56 Å². The first-order valence-corrected chi connectivity index (χ1v) is 7.28. The number of nitrogens with zero attached hydrogens (tertiary/aromatic N) is 1. The molecule has 0 aliphatic carbocycles. The largest absolute Gasteiger partial charge is 0.491 e. The lowest BCUT2D eigenvalue weighted by Crippen LogP contribution is -2.32. The van der Waals surface area contributed by atoms with Gasteiger partial charge < -0.3 is 15.2 Å². The van der Waals surface area contributed by atoms with Crippen molar-refractivity contribution in [2.24, 2.45) is 0 Å². The monoisotopic (exact) mass is 306 g/mol. The molecule has 0 aliphatic heterocycles. The van der Waals surface area contributed by atoms with Crippen molar-refractivity contribution in [3.05, 3.63) is 59.4 Å². The van der Waals surface area contributed by atoms with Crippen molar-refractivity contribution in [3.63, 3.8) is 0 Å². The topological polar surface area (TPSA) is 54.4 Å². The Labute approximate surface area is 129 Å². The second kappa shape index (κ2) is 8.62. The predicted octanol–water partition coefficient (Wildman–Crippen LogP) is 2.31. The second-order valence-electron chi connectivity index (χ2n) is 4.73. The van der Waals surface area contributed by atoms with Crippen LogP contribution < -0.4 is 10.1 Å². The maximum Gasteiger partial charge on any atom is 0.119 e. The van der Waals surface area contributed by atoms with Gasteiger partial charge in [0.25, 0.3) is 0 Å². The lowest BCUT2D eigenvalue weighted by Gasteiger charge is -2.13. The summed E-state index contributed by atoms with van der Waals surface area (Å²) in [6, 6.07) is 11.1. The van der Waals surface area contributed by atoms with Crippen LogP contribution in [0.2, 0.25) is 5.02 Å². The van der Waals surface area contributed by atoms with E-state index >= 15 is 0 Å². The number of halogens is 1. The molecule has 1 unspecified atom stereocenters. The first kappa shape index (κ1) is 15.8. The van der Waals surface area contributed by atoms with E-state index < -0.39 is 6.10 Å². The van der Waals surface area contributed by atoms with Crippen LogP contribution in [0.4, 0.5) is 0 Å². The van der Waals surface area contributed by atoms with Crippen molar-refractivity contribution >= 4 is 11.6 Å². The number of ether oxygens (including phenoxy) is 1. The van der Waals surface area contributed by atoms with Gasteiger partial charge in [-0.1, -0.05) is 11.6 Å². The van der Waals surface area contributed by atoms with E-state index in [1.807, 2.05) is 12.1 Å². The number of aliphatic hydroxyl groups is 1. The minimum Gasteiger partial charge on any atom is -0.491 e. The van der Waals surface area contributed by atoms with Crippen molar-refractivity contribution in [2.45, 2.75) is 12.5 Å². The fourth-order valence-corrected chi connectivity index (χ4v) is 1.96. The molecule has 4 nitrogen and oxygen atoms in total. The first-order valence-electron chi connectivity index (χ1n) is 6.90. The molecule has 21 heavy (non-hydrogen) atoms. The fraction of sp³-hybridized carbons (Fsp3) is 0.312. The molecule has 2 aromatic rings. The zero-order valence-electron chi connectivity index (χ0n) is 11.7. The van der Waals surface area contributed by atoms with E-state index in [0.29, 0.717) is 17.3 Å². The molecule has 2 rings (SSSR count). The molecule has 0 spiro atoms. The summed E-state index contributed by atoms with van der Waals surface area (Å²) >= 11 is 5.79. The SMILES string of the molecule is OC(CNCCc1ccncc1)COc1ccc(Cl)cc1. The minimum absolute atomic E-state index is 0.254. The molecule has 112 valence electrons. The predicted molar refractivity (Wildman–Crippen MR) is 83.8 cm³/mol. The van der Waals surface area contributed by atoms with Crippen LogP contribution in [0.3, 0.4) is 0 Å². The van der Waals surface area contributed by atoms with Crippen LogP contribution in [0.5, 0.6) is 5.75 Å². The van der Waals surface area contributed by atoms with Gasteiger partial charge in [-0.2, -0.15) is 0 Å². The molecule has 1 heterocycles. The van der Waals surface area contributed by atoms with E-state index in [4.69, 9.17) is 16.3 Å². The summed E-state index contributed by atoms with van der Waals surface area (Å²) in [7, 11) is 0. The van der Waals surface area contributed by atoms with Crippen LogP contribution in [0, 0.1) is 0 Å². The van der Waals surface area contributed by atoms with Crippen LogP contribution in [0.1, 0.15) is 5.56 Å². The van der Waals surface area contributed by atoms with Crippen LogP contribution in [-0.4, -0.2) is 35.9 Å². The van der Waals surface area contributed by atoms with E-state index in [2.05, 4.69) is 10.3 Å². The standard InChI is InChI=1S/C16H19ClN2O2/c17-14-1-3-16(4-2-14)21-12-15(20)11-19-10-7-13-5-8-18-9-6-13/h1-6,8-9,15,19-20H,7,10-12H2. The Morgan fingerprint density at radius 2 is 1.86 bits per heavy atom. The second-order valence-corrected chi connectivity index (χ2v) is 5.16. The number of rotatable bonds is 8. The highest BCUT2D eigenvalue weighted by Crippen LogP contribution is 2.15. The van der Waals surface area contributed by atoms with E-state index in [-0.39, 0.29) is 6.61 Å². The summed E-state index contributed by atoms with van der Waals surface area (Å²) in [5, 5.41) is 13.7. The smallest absolute Gasteiger partial charge is 0.119 e. The van der Waals surface area contributed by atoms with Crippen molar-refractivity contribution in [2.75, 3.05) is 19.7 Å². The van der Waals surface area contributed by atoms with Crippen LogP contribution in [0.25, 0.3) is 0 Å². The van der Waals surface area contributed by atoms with Gasteiger partial charge in [-0.3, -0.25) is 4.98 Å². The molecule has 0 saturated carbocycles. The number of hydrogen-bond acceptors (Lipinski definition) is 4. The van der Waals surface area contributed by atoms with Gasteiger partial charge >= 0.3 is 0 Å². The molecule has 0 bridgehead atoms. The Bertz CT molecular complexity index is 520. The number of benzene rings is 1. The van der Waals surface area contributed by atoms with Crippen LogP contribution in [0.15, 0.2) is 48.8 Å². The van der Waals surface area contributed by atoms with Gasteiger partial charge in [-0.25, -0.2) is 0 Å². The Hall–Kier alpha value is -1.62. The van der Waals surface area contributed by atoms with E-state index in [0.717, 1.165) is 13.0 Å². The number of hydrogen-bond donors (Lipinski definition) is 2. The maximum absolute atomic E-state index is 9.84. The minimum atomic E-state index is -0.543. The van der Waals surface area contributed by atoms with Crippen molar-refractivity contribution in [3.8, 4) is 5.75 Å². The van der Waals surface area contributed by atoms with Gasteiger partial charge in [0.15, 0.2) is 0 Å². The van der Waals surface area contributed by atoms with E-state index in [1.54, 1.807) is 36.7 Å². The van der Waals surface area contributed by atoms with Crippen molar-refractivity contribution in [1.82, 2.24) is 10.3 Å². The van der Waals surface area contributed by atoms with Gasteiger partial charge in [0.05, 0.1) is 0 Å². The Morgan fingerprint density at radius 1 is 1.14 bits per heavy atom. The van der Waals surface area contributed by atoms with Crippen molar-refractivity contribution < 1.29 is 9.84 Å². The summed E-state index contributed by atoms with van der Waals surface area (Å²) < 4.78 is 5.48. The number of nitrogens with one attached hydrogen (secondary N) is 1. The highest BCUT2D eigenvalue weighted by Gasteiger charge is 2.04. The number of pyridine rings is 1. The van der Waals surface area contributed by atoms with Gasteiger partial charge in [0.1, 0.15) is 18.5 Å². The lowest BCUT2D eigenvalue weighted by atomic mass is 10.2. The molecule has 0 aliphatic rings. The molecule has 0 amide bonds. The third-order valence-electron chi connectivity index (χ3n) is 2.98. The molecule has 0 radical (unpaired) electrons. The summed E-state index contributed by atoms with van der Waals surface area (Å²) in [4.78, 5) is 3.98. The molecule has 1 aromatic carbocycles. The number of aromatic nitrogens is 1. The highest BCUT2D eigenvalue weighted by molar-refractivity contribution is 6.30. The zero-order chi connectivity index (χ0) is 14.9. The first-order chi connectivity index (χ1) is 10.2. The molecular formula is C16H19ClN2O2. The average molecular weight is 307 g/mol. The van der Waals surface area contributed by atoms with Gasteiger partial charge in [0, 0.05) is 24.0 Å². The number of aliphatic hydroxyl groups excluding tert-OH is 1. The molecule has 1 aromatic heterocycles. The lowest BCUT2D eigenvalue weighted by molar-refractivity contribution is 0.106. The summed E-state index contributed by atoms with van der Waals surface area (Å²) in [5.41, 5.74) is 1.23. The van der Waals surface area contributed by atoms with Gasteiger partial charge in [0.2, 0.25) is 0 Å². The van der Waals surface area contributed by atoms with Crippen LogP contribution in [-0.2, 0) is 6.42 Å². The van der Waals surface area contributed by atoms with Gasteiger partial charge in [-0.15, -0.1) is 0 Å². The molecule has 0 fully saturated rings. The molecular weight excluding hydrogens is 288 g/mol.